The molecule has 0 aliphatic heterocycles. The number of carbonyl (C=O) groups excluding carboxylic acids is 2. The molecule has 14 heavy (non-hydrogen) atoms. The van der Waals surface area contributed by atoms with Crippen molar-refractivity contribution in [3.63, 3.8) is 0 Å². The minimum atomic E-state index is -0.199. The van der Waals surface area contributed by atoms with Crippen LogP contribution in [0.1, 0.15) is 20.8 Å². The fourth-order valence-electron chi connectivity index (χ4n) is 0.889. The number of likely N-dealkylation sites (N-methyl/N-ethyl adjacent to an activating group) is 1. The summed E-state index contributed by atoms with van der Waals surface area (Å²) in [5, 5.41) is 5.12. The second-order valence-electron chi connectivity index (χ2n) is 2.89. The van der Waals surface area contributed by atoms with Gasteiger partial charge in [0.1, 0.15) is 0 Å². The minimum absolute atomic E-state index is 0.154. The van der Waals surface area contributed by atoms with Crippen LogP contribution in [0, 0.1) is 0 Å². The molecule has 4 heteroatoms. The van der Waals surface area contributed by atoms with E-state index in [1.165, 1.54) is 13.0 Å². The summed E-state index contributed by atoms with van der Waals surface area (Å²) in [5.41, 5.74) is 0.937. The summed E-state index contributed by atoms with van der Waals surface area (Å²) in [5.74, 6) is -0.353. The molecule has 2 amide bonds. The second kappa shape index (κ2) is 5.96. The van der Waals surface area contributed by atoms with E-state index in [1.807, 2.05) is 6.92 Å². The standard InChI is InChI=1S/C10H16N2O2/c1-5-11-10(14)7(2)6-8(3)12-9(4)13/h6H,3,5H2,1-2,4H3,(H,11,14)(H,12,13)/b7-6+. The van der Waals surface area contributed by atoms with Crippen LogP contribution in [-0.4, -0.2) is 18.4 Å². The Morgan fingerprint density at radius 2 is 1.93 bits per heavy atom. The van der Waals surface area contributed by atoms with Crippen LogP contribution in [0.25, 0.3) is 0 Å². The lowest BCUT2D eigenvalue weighted by Crippen LogP contribution is -2.24. The number of nitrogens with one attached hydrogen (secondary N) is 2. The Bertz CT molecular complexity index is 280. The molecule has 0 spiro atoms. The van der Waals surface area contributed by atoms with Gasteiger partial charge in [0.15, 0.2) is 0 Å². The Morgan fingerprint density at radius 3 is 2.36 bits per heavy atom. The van der Waals surface area contributed by atoms with Crippen LogP contribution in [0.3, 0.4) is 0 Å². The highest BCUT2D eigenvalue weighted by Gasteiger charge is 2.02. The summed E-state index contributed by atoms with van der Waals surface area (Å²) >= 11 is 0. The molecule has 78 valence electrons. The summed E-state index contributed by atoms with van der Waals surface area (Å²) in [4.78, 5) is 21.9. The molecule has 0 fully saturated rings. The normalized spacial score (nSPS) is 10.6. The van der Waals surface area contributed by atoms with Gasteiger partial charge >= 0.3 is 0 Å². The lowest BCUT2D eigenvalue weighted by Gasteiger charge is -2.04. The lowest BCUT2D eigenvalue weighted by molar-refractivity contribution is -0.118. The predicted molar refractivity (Wildman–Crippen MR) is 55.4 cm³/mol. The van der Waals surface area contributed by atoms with Gasteiger partial charge in [-0.15, -0.1) is 0 Å². The highest BCUT2D eigenvalue weighted by molar-refractivity contribution is 5.93. The molecular formula is C10H16N2O2. The number of carbonyl (C=O) groups is 2. The monoisotopic (exact) mass is 196 g/mol. The van der Waals surface area contributed by atoms with Crippen molar-refractivity contribution in [1.82, 2.24) is 10.6 Å². The van der Waals surface area contributed by atoms with Crippen molar-refractivity contribution >= 4 is 11.8 Å². The molecule has 0 saturated carbocycles. The van der Waals surface area contributed by atoms with Gasteiger partial charge in [0, 0.05) is 24.7 Å². The molecule has 0 aromatic carbocycles. The van der Waals surface area contributed by atoms with Gasteiger partial charge in [-0.05, 0) is 19.9 Å². The van der Waals surface area contributed by atoms with Crippen LogP contribution in [0.2, 0.25) is 0 Å². The Kier molecular flexibility index (Phi) is 5.29. The van der Waals surface area contributed by atoms with Crippen LogP contribution in [-0.2, 0) is 9.59 Å². The van der Waals surface area contributed by atoms with Crippen LogP contribution in [0.15, 0.2) is 23.9 Å². The number of amides is 2. The van der Waals surface area contributed by atoms with E-state index in [9.17, 15) is 9.59 Å². The Labute approximate surface area is 84.1 Å². The predicted octanol–water partition coefficient (Wildman–Crippen LogP) is 0.719. The molecule has 0 aliphatic carbocycles. The zero-order chi connectivity index (χ0) is 11.1. The molecule has 2 N–H and O–H groups in total. The molecule has 0 saturated heterocycles. The molecule has 0 aromatic heterocycles. The van der Waals surface area contributed by atoms with Crippen molar-refractivity contribution < 1.29 is 9.59 Å². The summed E-state index contributed by atoms with van der Waals surface area (Å²) in [7, 11) is 0. The third-order valence-electron chi connectivity index (χ3n) is 1.42. The van der Waals surface area contributed by atoms with Crippen molar-refractivity contribution in [2.24, 2.45) is 0 Å². The van der Waals surface area contributed by atoms with Gasteiger partial charge < -0.3 is 10.6 Å². The fourth-order valence-corrected chi connectivity index (χ4v) is 0.889. The van der Waals surface area contributed by atoms with E-state index in [2.05, 4.69) is 17.2 Å². The molecule has 0 aromatic rings. The number of hydrogen-bond donors (Lipinski definition) is 2. The van der Waals surface area contributed by atoms with Crippen LogP contribution in [0.4, 0.5) is 0 Å². The van der Waals surface area contributed by atoms with Gasteiger partial charge in [-0.1, -0.05) is 6.58 Å². The summed E-state index contributed by atoms with van der Waals surface area (Å²) in [6.07, 6.45) is 1.53. The molecule has 0 atom stereocenters. The van der Waals surface area contributed by atoms with Crippen molar-refractivity contribution in [2.45, 2.75) is 20.8 Å². The first-order valence-electron chi connectivity index (χ1n) is 4.40. The van der Waals surface area contributed by atoms with E-state index < -0.39 is 0 Å². The number of hydrogen-bond acceptors (Lipinski definition) is 2. The molecular weight excluding hydrogens is 180 g/mol. The highest BCUT2D eigenvalue weighted by Crippen LogP contribution is 1.97. The maximum Gasteiger partial charge on any atom is 0.246 e. The van der Waals surface area contributed by atoms with Crippen molar-refractivity contribution in [3.8, 4) is 0 Å². The summed E-state index contributed by atoms with van der Waals surface area (Å²) in [6.45, 7) is 9.06. The van der Waals surface area contributed by atoms with Crippen LogP contribution in [0.5, 0.6) is 0 Å². The average molecular weight is 196 g/mol. The minimum Gasteiger partial charge on any atom is -0.353 e. The first kappa shape index (κ1) is 12.4. The molecule has 0 unspecified atom stereocenters. The summed E-state index contributed by atoms with van der Waals surface area (Å²) in [6, 6.07) is 0. The smallest absolute Gasteiger partial charge is 0.246 e. The van der Waals surface area contributed by atoms with E-state index in [-0.39, 0.29) is 11.8 Å². The molecule has 0 aliphatic rings. The molecule has 0 radical (unpaired) electrons. The van der Waals surface area contributed by atoms with E-state index in [1.54, 1.807) is 6.92 Å². The average Bonchev–Trinajstić information content (AvgIpc) is 2.02. The van der Waals surface area contributed by atoms with E-state index in [0.717, 1.165) is 0 Å². The van der Waals surface area contributed by atoms with Crippen molar-refractivity contribution in [3.05, 3.63) is 23.9 Å². The third kappa shape index (κ3) is 5.13. The SMILES string of the molecule is C=C(/C=C(\C)C(=O)NCC)NC(C)=O. The maximum atomic E-state index is 11.2. The maximum absolute atomic E-state index is 11.2. The molecule has 0 rings (SSSR count). The van der Waals surface area contributed by atoms with E-state index >= 15 is 0 Å². The molecule has 0 bridgehead atoms. The van der Waals surface area contributed by atoms with Gasteiger partial charge in [0.2, 0.25) is 11.8 Å². The summed E-state index contributed by atoms with van der Waals surface area (Å²) < 4.78 is 0. The first-order valence-corrected chi connectivity index (χ1v) is 4.40. The van der Waals surface area contributed by atoms with E-state index in [4.69, 9.17) is 0 Å². The zero-order valence-corrected chi connectivity index (χ0v) is 8.81. The highest BCUT2D eigenvalue weighted by atomic mass is 16.2. The molecule has 0 heterocycles. The van der Waals surface area contributed by atoms with Crippen LogP contribution < -0.4 is 10.6 Å². The van der Waals surface area contributed by atoms with Crippen molar-refractivity contribution in [1.29, 1.82) is 0 Å². The fraction of sp³-hybridized carbons (Fsp3) is 0.400. The largest absolute Gasteiger partial charge is 0.353 e. The van der Waals surface area contributed by atoms with Gasteiger partial charge in [0.25, 0.3) is 0 Å². The van der Waals surface area contributed by atoms with Crippen molar-refractivity contribution in [2.75, 3.05) is 6.54 Å². The Balaban J connectivity index is 4.28. The Hall–Kier alpha value is -1.58. The second-order valence-corrected chi connectivity index (χ2v) is 2.89. The van der Waals surface area contributed by atoms with Gasteiger partial charge in [-0.25, -0.2) is 0 Å². The van der Waals surface area contributed by atoms with Crippen LogP contribution >= 0.6 is 0 Å². The third-order valence-corrected chi connectivity index (χ3v) is 1.42. The van der Waals surface area contributed by atoms with Gasteiger partial charge in [0.05, 0.1) is 0 Å². The zero-order valence-electron chi connectivity index (χ0n) is 8.81. The lowest BCUT2D eigenvalue weighted by atomic mass is 10.2. The van der Waals surface area contributed by atoms with E-state index in [0.29, 0.717) is 17.8 Å². The number of rotatable bonds is 4. The number of allylic oxidation sites excluding steroid dienone is 1. The Morgan fingerprint density at radius 1 is 1.36 bits per heavy atom. The first-order chi connectivity index (χ1) is 6.47. The topological polar surface area (TPSA) is 58.2 Å². The van der Waals surface area contributed by atoms with Gasteiger partial charge in [-0.3, -0.25) is 9.59 Å². The quantitative estimate of drug-likeness (QED) is 0.514. The van der Waals surface area contributed by atoms with Gasteiger partial charge in [-0.2, -0.15) is 0 Å². The molecule has 4 nitrogen and oxygen atoms in total.